The highest BCUT2D eigenvalue weighted by Gasteiger charge is 2.55. The number of amides is 2. The number of nitrogens with zero attached hydrogens (tertiary/aromatic N) is 5. The number of ether oxygens (including phenoxy) is 5. The van der Waals surface area contributed by atoms with Crippen LogP contribution in [-0.2, 0) is 30.1 Å². The molecule has 49 heavy (non-hydrogen) atoms. The van der Waals surface area contributed by atoms with Gasteiger partial charge in [0, 0.05) is 32.9 Å². The van der Waals surface area contributed by atoms with Gasteiger partial charge in [0.2, 0.25) is 0 Å². The monoisotopic (exact) mass is 680 g/mol. The predicted molar refractivity (Wildman–Crippen MR) is 185 cm³/mol. The first kappa shape index (κ1) is 36.5. The van der Waals surface area contributed by atoms with Crippen LogP contribution in [0.4, 0.5) is 15.4 Å². The van der Waals surface area contributed by atoms with Gasteiger partial charge in [0.05, 0.1) is 5.39 Å². The number of anilines is 1. The van der Waals surface area contributed by atoms with Crippen molar-refractivity contribution in [2.75, 3.05) is 38.1 Å². The van der Waals surface area contributed by atoms with Crippen LogP contribution in [0.3, 0.4) is 0 Å². The highest BCUT2D eigenvalue weighted by atomic mass is 16.8. The van der Waals surface area contributed by atoms with Gasteiger partial charge in [-0.3, -0.25) is 4.90 Å². The van der Waals surface area contributed by atoms with Gasteiger partial charge in [-0.2, -0.15) is 0 Å². The Kier molecular flexibility index (Phi) is 10.9. The molecule has 2 saturated heterocycles. The number of benzene rings is 1. The molecule has 2 aliphatic heterocycles. The van der Waals surface area contributed by atoms with Gasteiger partial charge in [0.25, 0.3) is 0 Å². The molecule has 4 heterocycles. The molecule has 0 saturated carbocycles. The second-order valence-electron chi connectivity index (χ2n) is 15.1. The molecular weight excluding hydrogens is 628 g/mol. The number of rotatable bonds is 11. The molecule has 0 bridgehead atoms. The summed E-state index contributed by atoms with van der Waals surface area (Å²) in [5.74, 6) is -0.360. The molecule has 1 N–H and O–H groups in total. The quantitative estimate of drug-likeness (QED) is 0.253. The summed E-state index contributed by atoms with van der Waals surface area (Å²) in [7, 11) is 1.63. The van der Waals surface area contributed by atoms with Crippen LogP contribution in [0.15, 0.2) is 48.9 Å². The van der Waals surface area contributed by atoms with Crippen LogP contribution in [-0.4, -0.2) is 100 Å². The summed E-state index contributed by atoms with van der Waals surface area (Å²) in [6, 6.07) is 12.0. The number of hydrogen-bond acceptors (Lipinski definition) is 10. The smallest absolute Gasteiger partial charge is 0.415 e. The van der Waals surface area contributed by atoms with Crippen LogP contribution in [0.2, 0.25) is 0 Å². The van der Waals surface area contributed by atoms with Crippen molar-refractivity contribution in [3.05, 3.63) is 54.5 Å². The first-order valence-electron chi connectivity index (χ1n) is 17.0. The Morgan fingerprint density at radius 3 is 2.31 bits per heavy atom. The molecule has 2 aromatic heterocycles. The number of carbonyl (C=O) groups excluding carboxylic acids is 2. The van der Waals surface area contributed by atoms with Gasteiger partial charge < -0.3 is 38.5 Å². The summed E-state index contributed by atoms with van der Waals surface area (Å²) in [5, 5.41) is 4.19. The summed E-state index contributed by atoms with van der Waals surface area (Å²) in [6.07, 6.45) is 2.42. The topological polar surface area (TPSA) is 130 Å². The molecule has 4 atom stereocenters. The summed E-state index contributed by atoms with van der Waals surface area (Å²) in [5.41, 5.74) is 0.554. The van der Waals surface area contributed by atoms with Crippen molar-refractivity contribution in [1.29, 1.82) is 0 Å². The van der Waals surface area contributed by atoms with E-state index in [1.807, 2.05) is 90.4 Å². The Balaban J connectivity index is 1.23. The van der Waals surface area contributed by atoms with Crippen LogP contribution in [0, 0.1) is 0 Å². The fourth-order valence-corrected chi connectivity index (χ4v) is 6.06. The zero-order valence-electron chi connectivity index (χ0n) is 30.3. The van der Waals surface area contributed by atoms with Crippen LogP contribution in [0.1, 0.15) is 73.6 Å². The SMILES string of the molecule is CN(C(=O)OC(C)(C)C)c1ncnc2c1ccn2[C@H]1O[C@@H](CNCCCN(CCc2ccccc2)C(=O)OC(C)(C)C)[C@@H]2OC(C)(C)O[C@@H]21. The van der Waals surface area contributed by atoms with E-state index in [2.05, 4.69) is 27.4 Å². The minimum absolute atomic E-state index is 0.306. The maximum Gasteiger partial charge on any atom is 0.415 e. The lowest BCUT2D eigenvalue weighted by molar-refractivity contribution is -0.195. The fraction of sp³-hybridized carbons (Fsp3) is 0.611. The Morgan fingerprint density at radius 1 is 0.939 bits per heavy atom. The molecule has 0 radical (unpaired) electrons. The molecule has 2 aliphatic rings. The van der Waals surface area contributed by atoms with E-state index >= 15 is 0 Å². The Bertz CT molecular complexity index is 1580. The lowest BCUT2D eigenvalue weighted by Crippen LogP contribution is -2.40. The summed E-state index contributed by atoms with van der Waals surface area (Å²) in [6.45, 7) is 17.2. The maximum atomic E-state index is 13.0. The third-order valence-corrected chi connectivity index (χ3v) is 8.16. The van der Waals surface area contributed by atoms with E-state index in [0.717, 1.165) is 12.8 Å². The highest BCUT2D eigenvalue weighted by Crippen LogP contribution is 2.44. The van der Waals surface area contributed by atoms with E-state index in [0.29, 0.717) is 43.0 Å². The fourth-order valence-electron chi connectivity index (χ4n) is 6.06. The van der Waals surface area contributed by atoms with Crippen LogP contribution < -0.4 is 10.2 Å². The number of aromatic nitrogens is 3. The van der Waals surface area contributed by atoms with E-state index in [4.69, 9.17) is 23.7 Å². The Morgan fingerprint density at radius 2 is 1.61 bits per heavy atom. The van der Waals surface area contributed by atoms with Crippen LogP contribution >= 0.6 is 0 Å². The van der Waals surface area contributed by atoms with Crippen molar-refractivity contribution in [3.8, 4) is 0 Å². The number of nitrogens with one attached hydrogen (secondary N) is 1. The molecule has 13 heteroatoms. The second kappa shape index (κ2) is 14.6. The summed E-state index contributed by atoms with van der Waals surface area (Å²) >= 11 is 0. The number of fused-ring (bicyclic) bond motifs is 2. The molecule has 0 spiro atoms. The van der Waals surface area contributed by atoms with Gasteiger partial charge >= 0.3 is 12.2 Å². The predicted octanol–water partition coefficient (Wildman–Crippen LogP) is 5.68. The minimum Gasteiger partial charge on any atom is -0.444 e. The van der Waals surface area contributed by atoms with Crippen molar-refractivity contribution in [2.24, 2.45) is 0 Å². The average Bonchev–Trinajstić information content (AvgIpc) is 3.67. The lowest BCUT2D eigenvalue weighted by Gasteiger charge is -2.28. The Hall–Kier alpha value is -3.78. The van der Waals surface area contributed by atoms with Gasteiger partial charge in [-0.05, 0) is 86.4 Å². The average molecular weight is 681 g/mol. The minimum atomic E-state index is -0.789. The molecule has 2 fully saturated rings. The van der Waals surface area contributed by atoms with Crippen molar-refractivity contribution < 1.29 is 33.3 Å². The standard InChI is InChI=1S/C36H52N6O7/c1-34(2,3)48-32(43)40(9)29-25-17-21-42(30(25)39-23-38-29)31-28-27(46-36(7,8)47-28)26(45-31)22-37-18-13-19-41(33(44)49-35(4,5)6)20-16-24-14-11-10-12-15-24/h10-12,14-15,17,21,23,26-28,31,37H,13,16,18-20,22H2,1-9H3/t26-,27-,28-,31-/m0/s1. The molecule has 268 valence electrons. The van der Waals surface area contributed by atoms with E-state index < -0.39 is 29.3 Å². The summed E-state index contributed by atoms with van der Waals surface area (Å²) in [4.78, 5) is 38.0. The van der Waals surface area contributed by atoms with Crippen LogP contribution in [0.25, 0.3) is 11.0 Å². The normalized spacial score (nSPS) is 21.8. The number of hydrogen-bond donors (Lipinski definition) is 1. The van der Waals surface area contributed by atoms with E-state index in [-0.39, 0.29) is 24.4 Å². The van der Waals surface area contributed by atoms with Gasteiger partial charge in [0.15, 0.2) is 17.8 Å². The molecule has 2 amide bonds. The van der Waals surface area contributed by atoms with Crippen molar-refractivity contribution in [2.45, 2.75) is 110 Å². The molecule has 1 aromatic carbocycles. The summed E-state index contributed by atoms with van der Waals surface area (Å²) < 4.78 is 32.5. The number of carbonyl (C=O) groups is 2. The van der Waals surface area contributed by atoms with E-state index in [9.17, 15) is 9.59 Å². The molecule has 13 nitrogen and oxygen atoms in total. The largest absolute Gasteiger partial charge is 0.444 e. The first-order valence-corrected chi connectivity index (χ1v) is 17.0. The zero-order chi connectivity index (χ0) is 35.6. The van der Waals surface area contributed by atoms with Gasteiger partial charge in [-0.15, -0.1) is 0 Å². The Labute approximate surface area is 289 Å². The van der Waals surface area contributed by atoms with Gasteiger partial charge in [-0.25, -0.2) is 19.6 Å². The van der Waals surface area contributed by atoms with Gasteiger partial charge in [-0.1, -0.05) is 30.3 Å². The van der Waals surface area contributed by atoms with Gasteiger partial charge in [0.1, 0.15) is 41.5 Å². The van der Waals surface area contributed by atoms with Crippen molar-refractivity contribution in [3.63, 3.8) is 0 Å². The molecule has 3 aromatic rings. The zero-order valence-corrected chi connectivity index (χ0v) is 30.3. The highest BCUT2D eigenvalue weighted by molar-refractivity contribution is 5.97. The van der Waals surface area contributed by atoms with E-state index in [1.165, 1.54) is 16.8 Å². The third kappa shape index (κ3) is 9.27. The first-order chi connectivity index (χ1) is 23.0. The molecule has 0 unspecified atom stereocenters. The maximum absolute atomic E-state index is 13.0. The lowest BCUT2D eigenvalue weighted by atomic mass is 10.1. The molecule has 5 rings (SSSR count). The molecule has 0 aliphatic carbocycles. The van der Waals surface area contributed by atoms with E-state index in [1.54, 1.807) is 11.9 Å². The third-order valence-electron chi connectivity index (χ3n) is 8.16. The second-order valence-corrected chi connectivity index (χ2v) is 15.1. The van der Waals surface area contributed by atoms with Crippen LogP contribution in [0.5, 0.6) is 0 Å². The van der Waals surface area contributed by atoms with Crippen molar-refractivity contribution >= 4 is 29.0 Å². The van der Waals surface area contributed by atoms with Crippen molar-refractivity contribution in [1.82, 2.24) is 24.8 Å². The molecular formula is C36H52N6O7.